The second-order valence-electron chi connectivity index (χ2n) is 6.29. The Morgan fingerprint density at radius 1 is 1.16 bits per heavy atom. The van der Waals surface area contributed by atoms with E-state index in [2.05, 4.69) is 4.98 Å². The maximum atomic E-state index is 11.6. The summed E-state index contributed by atoms with van der Waals surface area (Å²) in [5.41, 5.74) is 3.73. The van der Waals surface area contributed by atoms with Gasteiger partial charge in [-0.15, -0.1) is 0 Å². The normalized spacial score (nSPS) is 13.1. The third kappa shape index (κ3) is 5.14. The smallest absolute Gasteiger partial charge is 0.310 e. The van der Waals surface area contributed by atoms with Gasteiger partial charge in [0.2, 0.25) is 0 Å². The third-order valence-corrected chi connectivity index (χ3v) is 4.31. The summed E-state index contributed by atoms with van der Waals surface area (Å²) in [6, 6.07) is 9.68. The monoisotopic (exact) mass is 341 g/mol. The summed E-state index contributed by atoms with van der Waals surface area (Å²) >= 11 is 0. The molecule has 0 bridgehead atoms. The number of hydrogen-bond donors (Lipinski definition) is 1. The van der Waals surface area contributed by atoms with Gasteiger partial charge in [-0.1, -0.05) is 31.2 Å². The Hall–Kier alpha value is -2.69. The average molecular weight is 341 g/mol. The lowest BCUT2D eigenvalue weighted by Gasteiger charge is -2.16. The molecule has 0 aliphatic heterocycles. The van der Waals surface area contributed by atoms with Gasteiger partial charge in [0.25, 0.3) is 0 Å². The van der Waals surface area contributed by atoms with Crippen molar-refractivity contribution in [2.24, 2.45) is 0 Å². The van der Waals surface area contributed by atoms with Crippen LogP contribution in [0.1, 0.15) is 54.4 Å². The van der Waals surface area contributed by atoms with E-state index in [4.69, 9.17) is 4.74 Å². The lowest BCUT2D eigenvalue weighted by atomic mass is 9.89. The van der Waals surface area contributed by atoms with Crippen molar-refractivity contribution in [1.29, 1.82) is 0 Å². The molecular formula is C20H23NO4. The van der Waals surface area contributed by atoms with Crippen molar-refractivity contribution < 1.29 is 19.4 Å². The summed E-state index contributed by atoms with van der Waals surface area (Å²) in [5, 5.41) is 9.34. The summed E-state index contributed by atoms with van der Waals surface area (Å²) in [4.78, 5) is 27.1. The molecule has 2 rings (SSSR count). The summed E-state index contributed by atoms with van der Waals surface area (Å²) < 4.78 is 4.74. The zero-order valence-electron chi connectivity index (χ0n) is 14.7. The van der Waals surface area contributed by atoms with E-state index in [0.29, 0.717) is 6.42 Å². The first-order valence-electron chi connectivity index (χ1n) is 8.23. The van der Waals surface area contributed by atoms with Gasteiger partial charge in [0.05, 0.1) is 19.4 Å². The summed E-state index contributed by atoms with van der Waals surface area (Å²) in [7, 11) is 1.37. The van der Waals surface area contributed by atoms with E-state index in [1.165, 1.54) is 7.11 Å². The summed E-state index contributed by atoms with van der Waals surface area (Å²) in [6.45, 7) is 3.61. The Balaban J connectivity index is 2.37. The highest BCUT2D eigenvalue weighted by molar-refractivity contribution is 5.76. The van der Waals surface area contributed by atoms with Crippen molar-refractivity contribution in [2.45, 2.75) is 38.5 Å². The number of nitrogens with zero attached hydrogens (tertiary/aromatic N) is 1. The maximum absolute atomic E-state index is 11.6. The number of ether oxygens (including phenoxy) is 1. The lowest BCUT2D eigenvalue weighted by Crippen LogP contribution is -2.11. The van der Waals surface area contributed by atoms with Crippen LogP contribution in [0.3, 0.4) is 0 Å². The van der Waals surface area contributed by atoms with Crippen LogP contribution in [0.5, 0.6) is 0 Å². The van der Waals surface area contributed by atoms with Crippen molar-refractivity contribution in [3.8, 4) is 0 Å². The van der Waals surface area contributed by atoms with Crippen LogP contribution in [0, 0.1) is 0 Å². The molecule has 1 N–H and O–H groups in total. The molecule has 0 saturated carbocycles. The standard InChI is InChI=1S/C20H23NO4/c1-13(7-19(22)25-3)17-9-16(8-15-5-4-6-21-12-15)10-18(11-17)14(2)20(23)24/h4-6,9-14H,7-8H2,1-3H3,(H,23,24). The van der Waals surface area contributed by atoms with Crippen LogP contribution < -0.4 is 0 Å². The molecular weight excluding hydrogens is 318 g/mol. The quantitative estimate of drug-likeness (QED) is 0.780. The fourth-order valence-electron chi connectivity index (χ4n) is 2.71. The molecule has 132 valence electrons. The Kier molecular flexibility index (Phi) is 6.28. The first kappa shape index (κ1) is 18.6. The highest BCUT2D eigenvalue weighted by Gasteiger charge is 2.18. The van der Waals surface area contributed by atoms with Gasteiger partial charge in [0.15, 0.2) is 0 Å². The van der Waals surface area contributed by atoms with Gasteiger partial charge < -0.3 is 9.84 Å². The number of carboxylic acid groups (broad SMARTS) is 1. The molecule has 25 heavy (non-hydrogen) atoms. The molecule has 0 fully saturated rings. The molecule has 1 aromatic heterocycles. The van der Waals surface area contributed by atoms with Crippen LogP contribution in [-0.4, -0.2) is 29.1 Å². The molecule has 2 unspecified atom stereocenters. The third-order valence-electron chi connectivity index (χ3n) is 4.31. The number of hydrogen-bond acceptors (Lipinski definition) is 4. The van der Waals surface area contributed by atoms with E-state index >= 15 is 0 Å². The number of carbonyl (C=O) groups excluding carboxylic acids is 1. The fraction of sp³-hybridized carbons (Fsp3) is 0.350. The average Bonchev–Trinajstić information content (AvgIpc) is 2.61. The van der Waals surface area contributed by atoms with Gasteiger partial charge in [-0.25, -0.2) is 0 Å². The van der Waals surface area contributed by atoms with Crippen LogP contribution in [0.4, 0.5) is 0 Å². The van der Waals surface area contributed by atoms with Crippen LogP contribution in [-0.2, 0) is 20.7 Å². The van der Waals surface area contributed by atoms with Gasteiger partial charge in [0, 0.05) is 12.4 Å². The molecule has 1 heterocycles. The van der Waals surface area contributed by atoms with Gasteiger partial charge >= 0.3 is 11.9 Å². The fourth-order valence-corrected chi connectivity index (χ4v) is 2.71. The number of esters is 1. The second kappa shape index (κ2) is 8.42. The minimum atomic E-state index is -0.870. The second-order valence-corrected chi connectivity index (χ2v) is 6.29. The van der Waals surface area contributed by atoms with Crippen LogP contribution in [0.2, 0.25) is 0 Å². The van der Waals surface area contributed by atoms with E-state index in [0.717, 1.165) is 22.3 Å². The van der Waals surface area contributed by atoms with Crippen LogP contribution in [0.25, 0.3) is 0 Å². The zero-order valence-corrected chi connectivity index (χ0v) is 14.7. The van der Waals surface area contributed by atoms with Gasteiger partial charge in [-0.3, -0.25) is 14.6 Å². The molecule has 1 aromatic carbocycles. The predicted octanol–water partition coefficient (Wildman–Crippen LogP) is 3.53. The number of aliphatic carboxylic acids is 1. The number of benzene rings is 1. The SMILES string of the molecule is COC(=O)CC(C)c1cc(Cc2cccnc2)cc(C(C)C(=O)O)c1. The number of aromatic nitrogens is 1. The molecule has 2 aromatic rings. The number of carboxylic acids is 1. The van der Waals surface area contributed by atoms with Gasteiger partial charge in [-0.05, 0) is 47.6 Å². The minimum Gasteiger partial charge on any atom is -0.481 e. The van der Waals surface area contributed by atoms with Crippen molar-refractivity contribution in [1.82, 2.24) is 4.98 Å². The first-order valence-corrected chi connectivity index (χ1v) is 8.23. The topological polar surface area (TPSA) is 76.5 Å². The number of methoxy groups -OCH3 is 1. The number of carbonyl (C=O) groups is 2. The van der Waals surface area contributed by atoms with Crippen molar-refractivity contribution in [3.05, 3.63) is 65.0 Å². The Morgan fingerprint density at radius 2 is 1.88 bits per heavy atom. The van der Waals surface area contributed by atoms with E-state index < -0.39 is 11.9 Å². The van der Waals surface area contributed by atoms with Gasteiger partial charge in [-0.2, -0.15) is 0 Å². The molecule has 0 saturated heterocycles. The maximum Gasteiger partial charge on any atom is 0.310 e. The summed E-state index contributed by atoms with van der Waals surface area (Å²) in [6.07, 6.45) is 4.43. The molecule has 0 amide bonds. The van der Waals surface area contributed by atoms with Gasteiger partial charge in [0.1, 0.15) is 0 Å². The molecule has 0 radical (unpaired) electrons. The van der Waals surface area contributed by atoms with Crippen LogP contribution in [0.15, 0.2) is 42.7 Å². The Labute approximate surface area is 147 Å². The molecule has 0 aliphatic carbocycles. The molecule has 0 aliphatic rings. The largest absolute Gasteiger partial charge is 0.481 e. The minimum absolute atomic E-state index is 0.0546. The van der Waals surface area contributed by atoms with E-state index in [1.807, 2.05) is 37.3 Å². The van der Waals surface area contributed by atoms with Crippen molar-refractivity contribution in [3.63, 3.8) is 0 Å². The lowest BCUT2D eigenvalue weighted by molar-refractivity contribution is -0.141. The summed E-state index contributed by atoms with van der Waals surface area (Å²) in [5.74, 6) is -1.82. The van der Waals surface area contributed by atoms with E-state index in [-0.39, 0.29) is 18.3 Å². The Morgan fingerprint density at radius 3 is 2.48 bits per heavy atom. The first-order chi connectivity index (χ1) is 11.9. The predicted molar refractivity (Wildman–Crippen MR) is 94.6 cm³/mol. The number of pyridine rings is 1. The van der Waals surface area contributed by atoms with Crippen LogP contribution >= 0.6 is 0 Å². The molecule has 2 atom stereocenters. The highest BCUT2D eigenvalue weighted by Crippen LogP contribution is 2.27. The highest BCUT2D eigenvalue weighted by atomic mass is 16.5. The number of rotatable bonds is 7. The molecule has 5 heteroatoms. The molecule has 5 nitrogen and oxygen atoms in total. The Bertz CT molecular complexity index is 743. The zero-order chi connectivity index (χ0) is 18.4. The van der Waals surface area contributed by atoms with Crippen molar-refractivity contribution >= 4 is 11.9 Å². The van der Waals surface area contributed by atoms with Crippen molar-refractivity contribution in [2.75, 3.05) is 7.11 Å². The van der Waals surface area contributed by atoms with E-state index in [9.17, 15) is 14.7 Å². The van der Waals surface area contributed by atoms with E-state index in [1.54, 1.807) is 19.3 Å². The molecule has 0 spiro atoms.